The highest BCUT2D eigenvalue weighted by Gasteiger charge is 2.16. The van der Waals surface area contributed by atoms with E-state index in [-0.39, 0.29) is 6.04 Å². The summed E-state index contributed by atoms with van der Waals surface area (Å²) in [6, 6.07) is 8.17. The molecule has 1 fully saturated rings. The summed E-state index contributed by atoms with van der Waals surface area (Å²) in [4.78, 5) is 1.23. The first kappa shape index (κ1) is 14.2. The Kier molecular flexibility index (Phi) is 5.83. The van der Waals surface area contributed by atoms with Gasteiger partial charge in [-0.25, -0.2) is 0 Å². The van der Waals surface area contributed by atoms with Crippen molar-refractivity contribution in [2.45, 2.75) is 42.7 Å². The maximum absolute atomic E-state index is 6.13. The van der Waals surface area contributed by atoms with Crippen molar-refractivity contribution in [3.8, 4) is 0 Å². The minimum absolute atomic E-state index is 0.245. The summed E-state index contributed by atoms with van der Waals surface area (Å²) in [6.07, 6.45) is 5.01. The van der Waals surface area contributed by atoms with Gasteiger partial charge in [-0.2, -0.15) is 0 Å². The summed E-state index contributed by atoms with van der Waals surface area (Å²) in [6.45, 7) is 0.930. The summed E-state index contributed by atoms with van der Waals surface area (Å²) in [5.74, 6) is 0.953. The summed E-state index contributed by atoms with van der Waals surface area (Å²) in [5, 5.41) is 0.780. The van der Waals surface area contributed by atoms with Crippen molar-refractivity contribution in [1.82, 2.24) is 0 Å². The van der Waals surface area contributed by atoms with Crippen LogP contribution in [0.25, 0.3) is 0 Å². The maximum Gasteiger partial charge on any atom is 0.0576 e. The summed E-state index contributed by atoms with van der Waals surface area (Å²) in [5.41, 5.74) is 6.13. The number of hydrogen-bond donors (Lipinski definition) is 1. The van der Waals surface area contributed by atoms with Gasteiger partial charge in [0.1, 0.15) is 0 Å². The molecule has 0 radical (unpaired) electrons. The zero-order valence-electron chi connectivity index (χ0n) is 10.5. The van der Waals surface area contributed by atoms with Gasteiger partial charge in [0.05, 0.1) is 6.10 Å². The maximum atomic E-state index is 6.13. The van der Waals surface area contributed by atoms with Crippen LogP contribution in [0.15, 0.2) is 29.2 Å². The Balaban J connectivity index is 1.64. The van der Waals surface area contributed by atoms with Crippen LogP contribution in [0, 0.1) is 0 Å². The van der Waals surface area contributed by atoms with Crippen LogP contribution in [-0.4, -0.2) is 24.5 Å². The van der Waals surface area contributed by atoms with E-state index in [0.717, 1.165) is 30.2 Å². The van der Waals surface area contributed by atoms with Crippen molar-refractivity contribution in [3.63, 3.8) is 0 Å². The molecule has 2 nitrogen and oxygen atoms in total. The SMILES string of the molecule is NC(CCC1CCCO1)CSc1ccc(Cl)cc1. The zero-order chi connectivity index (χ0) is 12.8. The van der Waals surface area contributed by atoms with Crippen LogP contribution in [0.3, 0.4) is 0 Å². The number of halogens is 1. The molecule has 0 spiro atoms. The zero-order valence-corrected chi connectivity index (χ0v) is 12.1. The molecule has 1 aliphatic rings. The third-order valence-electron chi connectivity index (χ3n) is 3.16. The number of rotatable bonds is 6. The van der Waals surface area contributed by atoms with Crippen molar-refractivity contribution >= 4 is 23.4 Å². The summed E-state index contributed by atoms with van der Waals surface area (Å²) < 4.78 is 5.60. The monoisotopic (exact) mass is 285 g/mol. The van der Waals surface area contributed by atoms with E-state index in [1.807, 2.05) is 24.3 Å². The molecule has 1 heterocycles. The summed E-state index contributed by atoms with van der Waals surface area (Å²) >= 11 is 7.64. The van der Waals surface area contributed by atoms with Gasteiger partial charge >= 0.3 is 0 Å². The highest BCUT2D eigenvalue weighted by Crippen LogP contribution is 2.23. The lowest BCUT2D eigenvalue weighted by Gasteiger charge is -2.14. The van der Waals surface area contributed by atoms with E-state index in [0.29, 0.717) is 6.10 Å². The first-order valence-electron chi connectivity index (χ1n) is 6.49. The van der Waals surface area contributed by atoms with Crippen LogP contribution in [-0.2, 0) is 4.74 Å². The van der Waals surface area contributed by atoms with Crippen molar-refractivity contribution in [2.24, 2.45) is 5.73 Å². The highest BCUT2D eigenvalue weighted by atomic mass is 35.5. The average molecular weight is 286 g/mol. The molecule has 0 saturated carbocycles. The van der Waals surface area contributed by atoms with E-state index in [2.05, 4.69) is 0 Å². The third-order valence-corrected chi connectivity index (χ3v) is 4.61. The highest BCUT2D eigenvalue weighted by molar-refractivity contribution is 7.99. The van der Waals surface area contributed by atoms with Crippen molar-refractivity contribution in [2.75, 3.05) is 12.4 Å². The second kappa shape index (κ2) is 7.39. The molecule has 2 N–H and O–H groups in total. The Hall–Kier alpha value is -0.220. The predicted molar refractivity (Wildman–Crippen MR) is 78.4 cm³/mol. The normalized spacial score (nSPS) is 21.1. The fourth-order valence-corrected chi connectivity index (χ4v) is 3.12. The molecule has 2 rings (SSSR count). The van der Waals surface area contributed by atoms with Crippen molar-refractivity contribution < 1.29 is 4.74 Å². The summed E-state index contributed by atoms with van der Waals surface area (Å²) in [7, 11) is 0. The molecule has 100 valence electrons. The molecule has 0 aliphatic carbocycles. The van der Waals surface area contributed by atoms with Crippen molar-refractivity contribution in [1.29, 1.82) is 0 Å². The van der Waals surface area contributed by atoms with Crippen LogP contribution < -0.4 is 5.73 Å². The molecule has 18 heavy (non-hydrogen) atoms. The third kappa shape index (κ3) is 4.81. The van der Waals surface area contributed by atoms with Crippen LogP contribution in [0.5, 0.6) is 0 Å². The quantitative estimate of drug-likeness (QED) is 0.809. The lowest BCUT2D eigenvalue weighted by atomic mass is 10.1. The van der Waals surface area contributed by atoms with E-state index in [1.165, 1.54) is 17.7 Å². The molecule has 4 heteroatoms. The molecule has 0 bridgehead atoms. The first-order valence-corrected chi connectivity index (χ1v) is 7.86. The van der Waals surface area contributed by atoms with Crippen LogP contribution in [0.4, 0.5) is 0 Å². The van der Waals surface area contributed by atoms with E-state index in [4.69, 9.17) is 22.1 Å². The molecule has 2 atom stereocenters. The number of ether oxygens (including phenoxy) is 1. The van der Waals surface area contributed by atoms with Gasteiger partial charge in [0.25, 0.3) is 0 Å². The van der Waals surface area contributed by atoms with Gasteiger partial charge in [0.15, 0.2) is 0 Å². The molecule has 2 unspecified atom stereocenters. The van der Waals surface area contributed by atoms with Gasteiger partial charge in [0, 0.05) is 28.3 Å². The minimum Gasteiger partial charge on any atom is -0.378 e. The second-order valence-electron chi connectivity index (χ2n) is 4.74. The fourth-order valence-electron chi connectivity index (χ4n) is 2.09. The molecule has 1 aliphatic heterocycles. The van der Waals surface area contributed by atoms with Gasteiger partial charge in [-0.15, -0.1) is 11.8 Å². The molecule has 0 aromatic heterocycles. The molecule has 1 aromatic rings. The van der Waals surface area contributed by atoms with Gasteiger partial charge in [0.2, 0.25) is 0 Å². The number of thioether (sulfide) groups is 1. The van der Waals surface area contributed by atoms with Gasteiger partial charge in [-0.1, -0.05) is 11.6 Å². The van der Waals surface area contributed by atoms with Gasteiger partial charge in [-0.05, 0) is 49.9 Å². The number of benzene rings is 1. The van der Waals surface area contributed by atoms with Crippen LogP contribution in [0.1, 0.15) is 25.7 Å². The van der Waals surface area contributed by atoms with E-state index in [9.17, 15) is 0 Å². The van der Waals surface area contributed by atoms with Gasteiger partial charge in [-0.3, -0.25) is 0 Å². The van der Waals surface area contributed by atoms with E-state index < -0.39 is 0 Å². The Morgan fingerprint density at radius 3 is 2.83 bits per heavy atom. The Bertz CT molecular complexity index is 351. The minimum atomic E-state index is 0.245. The largest absolute Gasteiger partial charge is 0.378 e. The molecular formula is C14H20ClNOS. The van der Waals surface area contributed by atoms with E-state index >= 15 is 0 Å². The number of nitrogens with two attached hydrogens (primary N) is 1. The predicted octanol–water partition coefficient (Wildman–Crippen LogP) is 3.72. The molecule has 0 amide bonds. The second-order valence-corrected chi connectivity index (χ2v) is 6.27. The standard InChI is InChI=1S/C14H20ClNOS/c15-11-3-7-14(8-4-11)18-10-12(16)5-6-13-2-1-9-17-13/h3-4,7-8,12-13H,1-2,5-6,9-10,16H2. The Morgan fingerprint density at radius 2 is 2.17 bits per heavy atom. The number of hydrogen-bond acceptors (Lipinski definition) is 3. The van der Waals surface area contributed by atoms with Crippen molar-refractivity contribution in [3.05, 3.63) is 29.3 Å². The lowest BCUT2D eigenvalue weighted by molar-refractivity contribution is 0.101. The average Bonchev–Trinajstić information content (AvgIpc) is 2.89. The molecule has 1 aromatic carbocycles. The Labute approximate surface area is 118 Å². The van der Waals surface area contributed by atoms with E-state index in [1.54, 1.807) is 11.8 Å². The topological polar surface area (TPSA) is 35.2 Å². The molecule has 1 saturated heterocycles. The Morgan fingerprint density at radius 1 is 1.39 bits per heavy atom. The van der Waals surface area contributed by atoms with Crippen LogP contribution in [0.2, 0.25) is 5.02 Å². The van der Waals surface area contributed by atoms with Gasteiger partial charge < -0.3 is 10.5 Å². The lowest BCUT2D eigenvalue weighted by Crippen LogP contribution is -2.24. The smallest absolute Gasteiger partial charge is 0.0576 e. The van der Waals surface area contributed by atoms with Crippen LogP contribution >= 0.6 is 23.4 Å². The molecular weight excluding hydrogens is 266 g/mol. The first-order chi connectivity index (χ1) is 8.74. The fraction of sp³-hybridized carbons (Fsp3) is 0.571.